The molecular formula is C12H21N3O3. The number of fused-ring (bicyclic) bond motifs is 1. The van der Waals surface area contributed by atoms with Crippen molar-refractivity contribution in [1.29, 1.82) is 0 Å². The fourth-order valence-electron chi connectivity index (χ4n) is 2.96. The molecule has 2 heterocycles. The van der Waals surface area contributed by atoms with Crippen LogP contribution in [0.4, 0.5) is 4.79 Å². The largest absolute Gasteiger partial charge is 0.480 e. The van der Waals surface area contributed by atoms with Crippen molar-refractivity contribution in [2.75, 3.05) is 13.1 Å². The topological polar surface area (TPSA) is 81.7 Å². The number of carboxylic acids is 1. The van der Waals surface area contributed by atoms with Gasteiger partial charge in [0.25, 0.3) is 0 Å². The summed E-state index contributed by atoms with van der Waals surface area (Å²) in [4.78, 5) is 25.0. The highest BCUT2D eigenvalue weighted by Crippen LogP contribution is 2.27. The summed E-state index contributed by atoms with van der Waals surface area (Å²) in [6.07, 6.45) is 3.67. The van der Waals surface area contributed by atoms with Crippen LogP contribution < -0.4 is 10.6 Å². The second-order valence-corrected chi connectivity index (χ2v) is 5.06. The highest BCUT2D eigenvalue weighted by molar-refractivity contribution is 5.82. The summed E-state index contributed by atoms with van der Waals surface area (Å²) in [7, 11) is 0. The van der Waals surface area contributed by atoms with E-state index in [1.54, 1.807) is 6.92 Å². The standard InChI is InChI=1S/C12H21N3O3/c1-2-8(11(16)17)13-12(18)14-9-5-7-15-6-3-4-10(9)15/h8-10H,2-7H2,1H3,(H,16,17)(H2,13,14,18)/t8-,9?,10?/m1/s1. The Bertz CT molecular complexity index is 335. The number of nitrogens with zero attached hydrogens (tertiary/aromatic N) is 1. The summed E-state index contributed by atoms with van der Waals surface area (Å²) in [6, 6.07) is -0.548. The van der Waals surface area contributed by atoms with E-state index in [0.717, 1.165) is 25.9 Å². The Hall–Kier alpha value is -1.30. The quantitative estimate of drug-likeness (QED) is 0.678. The van der Waals surface area contributed by atoms with Gasteiger partial charge in [0, 0.05) is 18.6 Å². The van der Waals surface area contributed by atoms with Crippen molar-refractivity contribution < 1.29 is 14.7 Å². The smallest absolute Gasteiger partial charge is 0.326 e. The van der Waals surface area contributed by atoms with Crippen molar-refractivity contribution in [3.05, 3.63) is 0 Å². The molecule has 102 valence electrons. The molecule has 2 rings (SSSR count). The Morgan fingerprint density at radius 3 is 2.83 bits per heavy atom. The Balaban J connectivity index is 1.82. The SMILES string of the molecule is CC[C@@H](NC(=O)NC1CCN2CCCC12)C(=O)O. The molecule has 6 heteroatoms. The maximum absolute atomic E-state index is 11.8. The van der Waals surface area contributed by atoms with Crippen molar-refractivity contribution in [2.45, 2.75) is 50.7 Å². The molecule has 0 radical (unpaired) electrons. The molecule has 3 N–H and O–H groups in total. The normalized spacial score (nSPS) is 28.7. The van der Waals surface area contributed by atoms with Gasteiger partial charge in [0.15, 0.2) is 0 Å². The predicted octanol–water partition coefficient (Wildman–Crippen LogP) is 0.386. The number of carbonyl (C=O) groups excluding carboxylic acids is 1. The highest BCUT2D eigenvalue weighted by atomic mass is 16.4. The van der Waals surface area contributed by atoms with Crippen LogP contribution in [0.3, 0.4) is 0 Å². The molecule has 0 aliphatic carbocycles. The first-order valence-corrected chi connectivity index (χ1v) is 6.65. The molecule has 0 bridgehead atoms. The highest BCUT2D eigenvalue weighted by Gasteiger charge is 2.38. The van der Waals surface area contributed by atoms with Gasteiger partial charge in [0.2, 0.25) is 0 Å². The molecule has 2 aliphatic heterocycles. The molecule has 0 spiro atoms. The molecule has 3 atom stereocenters. The first-order chi connectivity index (χ1) is 8.61. The van der Waals surface area contributed by atoms with E-state index in [9.17, 15) is 9.59 Å². The minimum Gasteiger partial charge on any atom is -0.480 e. The molecule has 2 unspecified atom stereocenters. The predicted molar refractivity (Wildman–Crippen MR) is 66.4 cm³/mol. The Labute approximate surface area is 107 Å². The van der Waals surface area contributed by atoms with Crippen molar-refractivity contribution in [3.8, 4) is 0 Å². The molecule has 6 nitrogen and oxygen atoms in total. The molecule has 2 aliphatic rings. The summed E-state index contributed by atoms with van der Waals surface area (Å²) < 4.78 is 0. The summed E-state index contributed by atoms with van der Waals surface area (Å²) in [5.41, 5.74) is 0. The van der Waals surface area contributed by atoms with E-state index >= 15 is 0 Å². The third-order valence-electron chi connectivity index (χ3n) is 3.93. The Kier molecular flexibility index (Phi) is 4.06. The van der Waals surface area contributed by atoms with Crippen LogP contribution in [0, 0.1) is 0 Å². The number of aliphatic carboxylic acids is 1. The van der Waals surface area contributed by atoms with Gasteiger partial charge in [0.1, 0.15) is 6.04 Å². The van der Waals surface area contributed by atoms with Crippen LogP contribution >= 0.6 is 0 Å². The number of hydrogen-bond donors (Lipinski definition) is 3. The maximum Gasteiger partial charge on any atom is 0.326 e. The van der Waals surface area contributed by atoms with Crippen LogP contribution in [0.1, 0.15) is 32.6 Å². The molecule has 0 aromatic rings. The average Bonchev–Trinajstić information content (AvgIpc) is 2.90. The third kappa shape index (κ3) is 2.75. The van der Waals surface area contributed by atoms with Crippen LogP contribution in [-0.4, -0.2) is 53.2 Å². The average molecular weight is 255 g/mol. The zero-order valence-electron chi connectivity index (χ0n) is 10.7. The number of nitrogens with one attached hydrogen (secondary N) is 2. The zero-order chi connectivity index (χ0) is 13.1. The minimum atomic E-state index is -0.985. The second kappa shape index (κ2) is 5.56. The zero-order valence-corrected chi connectivity index (χ0v) is 10.7. The lowest BCUT2D eigenvalue weighted by atomic mass is 10.1. The first kappa shape index (κ1) is 13.1. The van der Waals surface area contributed by atoms with E-state index in [-0.39, 0.29) is 12.1 Å². The van der Waals surface area contributed by atoms with Crippen molar-refractivity contribution in [2.24, 2.45) is 0 Å². The summed E-state index contributed by atoms with van der Waals surface area (Å²) in [6.45, 7) is 3.90. The molecule has 2 fully saturated rings. The van der Waals surface area contributed by atoms with Gasteiger partial charge in [-0.1, -0.05) is 6.92 Å². The number of amides is 2. The first-order valence-electron chi connectivity index (χ1n) is 6.65. The molecule has 2 saturated heterocycles. The van der Waals surface area contributed by atoms with Crippen LogP contribution in [0.25, 0.3) is 0 Å². The number of hydrogen-bond acceptors (Lipinski definition) is 3. The number of urea groups is 1. The monoisotopic (exact) mass is 255 g/mol. The number of carboxylic acid groups (broad SMARTS) is 1. The van der Waals surface area contributed by atoms with E-state index in [2.05, 4.69) is 15.5 Å². The van der Waals surface area contributed by atoms with Gasteiger partial charge in [0.05, 0.1) is 0 Å². The van der Waals surface area contributed by atoms with Gasteiger partial charge in [-0.15, -0.1) is 0 Å². The van der Waals surface area contributed by atoms with Gasteiger partial charge in [-0.2, -0.15) is 0 Å². The lowest BCUT2D eigenvalue weighted by Crippen LogP contribution is -2.51. The number of rotatable bonds is 4. The van der Waals surface area contributed by atoms with Gasteiger partial charge < -0.3 is 15.7 Å². The Morgan fingerprint density at radius 2 is 2.17 bits per heavy atom. The van der Waals surface area contributed by atoms with E-state index < -0.39 is 12.0 Å². The second-order valence-electron chi connectivity index (χ2n) is 5.06. The lowest BCUT2D eigenvalue weighted by molar-refractivity contribution is -0.139. The molecule has 18 heavy (non-hydrogen) atoms. The molecule has 0 aromatic carbocycles. The summed E-state index contributed by atoms with van der Waals surface area (Å²) in [5.74, 6) is -0.985. The van der Waals surface area contributed by atoms with E-state index in [1.165, 1.54) is 6.42 Å². The minimum absolute atomic E-state index is 0.166. The molecule has 0 saturated carbocycles. The van der Waals surface area contributed by atoms with Gasteiger partial charge in [-0.05, 0) is 32.2 Å². The van der Waals surface area contributed by atoms with Crippen molar-refractivity contribution in [3.63, 3.8) is 0 Å². The van der Waals surface area contributed by atoms with Gasteiger partial charge >= 0.3 is 12.0 Å². The summed E-state index contributed by atoms with van der Waals surface area (Å²) >= 11 is 0. The number of carbonyl (C=O) groups is 2. The van der Waals surface area contributed by atoms with E-state index in [4.69, 9.17) is 5.11 Å². The molecular weight excluding hydrogens is 234 g/mol. The van der Waals surface area contributed by atoms with Crippen LogP contribution in [-0.2, 0) is 4.79 Å². The van der Waals surface area contributed by atoms with E-state index in [1.807, 2.05) is 0 Å². The fourth-order valence-corrected chi connectivity index (χ4v) is 2.96. The Morgan fingerprint density at radius 1 is 1.39 bits per heavy atom. The van der Waals surface area contributed by atoms with Gasteiger partial charge in [-0.3, -0.25) is 4.90 Å². The molecule has 0 aromatic heterocycles. The third-order valence-corrected chi connectivity index (χ3v) is 3.93. The van der Waals surface area contributed by atoms with Crippen molar-refractivity contribution in [1.82, 2.24) is 15.5 Å². The van der Waals surface area contributed by atoms with Crippen LogP contribution in [0.2, 0.25) is 0 Å². The van der Waals surface area contributed by atoms with Gasteiger partial charge in [-0.25, -0.2) is 9.59 Å². The van der Waals surface area contributed by atoms with E-state index in [0.29, 0.717) is 12.5 Å². The van der Waals surface area contributed by atoms with Crippen LogP contribution in [0.15, 0.2) is 0 Å². The van der Waals surface area contributed by atoms with Crippen LogP contribution in [0.5, 0.6) is 0 Å². The lowest BCUT2D eigenvalue weighted by Gasteiger charge is -2.22. The molecule has 2 amide bonds. The summed E-state index contributed by atoms with van der Waals surface area (Å²) in [5, 5.41) is 14.3. The fraction of sp³-hybridized carbons (Fsp3) is 0.833. The maximum atomic E-state index is 11.8. The van der Waals surface area contributed by atoms with Crippen molar-refractivity contribution >= 4 is 12.0 Å².